The fraction of sp³-hybridized carbons (Fsp3) is 0.167. The molecule has 1 rings (SSSR count). The Balaban J connectivity index is 3.49. The van der Waals surface area contributed by atoms with E-state index in [2.05, 4.69) is 11.6 Å². The highest BCUT2D eigenvalue weighted by Gasteiger charge is 2.20. The van der Waals surface area contributed by atoms with Crippen LogP contribution in [0, 0.1) is 17.0 Å². The van der Waals surface area contributed by atoms with Gasteiger partial charge in [0.05, 0.1) is 16.1 Å². The molecule has 0 aliphatic rings. The van der Waals surface area contributed by atoms with Crippen LogP contribution >= 0.6 is 0 Å². The van der Waals surface area contributed by atoms with Crippen LogP contribution in [0.1, 0.15) is 28.4 Å². The maximum Gasteiger partial charge on any atom is 0.280 e. The molecular weight excluding hydrogens is 248 g/mol. The van der Waals surface area contributed by atoms with Gasteiger partial charge in [0.2, 0.25) is 0 Å². The van der Waals surface area contributed by atoms with Crippen LogP contribution in [0.4, 0.5) is 5.69 Å². The number of nitro groups is 1. The van der Waals surface area contributed by atoms with Gasteiger partial charge in [-0.3, -0.25) is 14.9 Å². The van der Waals surface area contributed by atoms with Gasteiger partial charge in [0.25, 0.3) is 11.6 Å². The summed E-state index contributed by atoms with van der Waals surface area (Å²) in [6.07, 6.45) is 0. The molecule has 0 saturated carbocycles. The van der Waals surface area contributed by atoms with Gasteiger partial charge < -0.3 is 11.5 Å². The lowest BCUT2D eigenvalue weighted by atomic mass is 9.99. The minimum Gasteiger partial charge on any atom is -0.370 e. The Labute approximate surface area is 109 Å². The largest absolute Gasteiger partial charge is 0.370 e. The lowest BCUT2D eigenvalue weighted by molar-refractivity contribution is -0.385. The molecule has 0 saturated heterocycles. The van der Waals surface area contributed by atoms with Crippen LogP contribution in [-0.2, 0) is 0 Å². The maximum atomic E-state index is 11.7. The number of hydrogen-bond acceptors (Lipinski definition) is 3. The molecule has 7 nitrogen and oxygen atoms in total. The fourth-order valence-corrected chi connectivity index (χ4v) is 1.60. The molecule has 0 spiro atoms. The Kier molecular flexibility index (Phi) is 4.00. The van der Waals surface area contributed by atoms with Crippen molar-refractivity contribution in [2.45, 2.75) is 13.8 Å². The molecule has 100 valence electrons. The predicted octanol–water partition coefficient (Wildman–Crippen LogP) is 1.35. The van der Waals surface area contributed by atoms with Crippen molar-refractivity contribution in [2.24, 2.45) is 16.5 Å². The first-order chi connectivity index (χ1) is 8.73. The first-order valence-corrected chi connectivity index (χ1v) is 5.33. The van der Waals surface area contributed by atoms with E-state index in [1.165, 1.54) is 6.07 Å². The second-order valence-corrected chi connectivity index (χ2v) is 4.06. The van der Waals surface area contributed by atoms with Crippen LogP contribution in [-0.4, -0.2) is 16.8 Å². The summed E-state index contributed by atoms with van der Waals surface area (Å²) in [6, 6.07) is 2.68. The summed E-state index contributed by atoms with van der Waals surface area (Å²) in [5, 5.41) is 11.0. The molecule has 0 fully saturated rings. The Morgan fingerprint density at radius 2 is 1.95 bits per heavy atom. The molecule has 1 amide bonds. The molecule has 0 aromatic heterocycles. The third-order valence-corrected chi connectivity index (χ3v) is 2.46. The molecule has 0 aliphatic heterocycles. The zero-order valence-electron chi connectivity index (χ0n) is 10.6. The minimum absolute atomic E-state index is 0.0881. The lowest BCUT2D eigenvalue weighted by Gasteiger charge is -2.07. The highest BCUT2D eigenvalue weighted by Crippen LogP contribution is 2.28. The Hall–Kier alpha value is -2.70. The second kappa shape index (κ2) is 5.30. The Morgan fingerprint density at radius 3 is 2.37 bits per heavy atom. The van der Waals surface area contributed by atoms with Crippen molar-refractivity contribution >= 4 is 23.1 Å². The highest BCUT2D eigenvalue weighted by molar-refractivity contribution is 6.03. The number of carbonyl (C=O) groups is 1. The summed E-state index contributed by atoms with van der Waals surface area (Å²) < 4.78 is 0. The van der Waals surface area contributed by atoms with E-state index in [0.717, 1.165) is 6.07 Å². The third-order valence-electron chi connectivity index (χ3n) is 2.46. The van der Waals surface area contributed by atoms with E-state index in [4.69, 9.17) is 11.5 Å². The van der Waals surface area contributed by atoms with Crippen LogP contribution in [0.5, 0.6) is 0 Å². The van der Waals surface area contributed by atoms with E-state index in [-0.39, 0.29) is 11.3 Å². The van der Waals surface area contributed by atoms with Crippen LogP contribution in [0.25, 0.3) is 5.57 Å². The Bertz CT molecular complexity index is 601. The lowest BCUT2D eigenvalue weighted by Crippen LogP contribution is -2.24. The number of nitrogens with zero attached hydrogens (tertiary/aromatic N) is 2. The van der Waals surface area contributed by atoms with Gasteiger partial charge in [-0.1, -0.05) is 6.58 Å². The zero-order chi connectivity index (χ0) is 14.7. The van der Waals surface area contributed by atoms with Crippen molar-refractivity contribution in [2.75, 3.05) is 0 Å². The number of nitro benzene ring substituents is 1. The fourth-order valence-electron chi connectivity index (χ4n) is 1.60. The first kappa shape index (κ1) is 14.4. The van der Waals surface area contributed by atoms with Gasteiger partial charge in [-0.15, -0.1) is 0 Å². The molecule has 0 bridgehead atoms. The first-order valence-electron chi connectivity index (χ1n) is 5.33. The standard InChI is InChI=1S/C12H14N4O3/c1-6(2)8-4-7(3)9(5-10(8)16(18)19)11(17)15-12(13)14/h4-5H,1H2,2-3H3,(H4,13,14,15,17). The van der Waals surface area contributed by atoms with Gasteiger partial charge in [0, 0.05) is 6.07 Å². The number of carbonyl (C=O) groups excluding carboxylic acids is 1. The molecule has 0 aliphatic carbocycles. The van der Waals surface area contributed by atoms with Gasteiger partial charge in [0.15, 0.2) is 5.96 Å². The minimum atomic E-state index is -0.714. The van der Waals surface area contributed by atoms with Crippen molar-refractivity contribution in [3.8, 4) is 0 Å². The van der Waals surface area contributed by atoms with E-state index >= 15 is 0 Å². The van der Waals surface area contributed by atoms with Crippen molar-refractivity contribution in [1.82, 2.24) is 0 Å². The molecule has 7 heteroatoms. The molecule has 0 atom stereocenters. The molecule has 1 aromatic carbocycles. The van der Waals surface area contributed by atoms with Crippen LogP contribution < -0.4 is 11.5 Å². The van der Waals surface area contributed by atoms with E-state index in [9.17, 15) is 14.9 Å². The molecule has 0 heterocycles. The summed E-state index contributed by atoms with van der Waals surface area (Å²) >= 11 is 0. The van der Waals surface area contributed by atoms with Gasteiger partial charge >= 0.3 is 0 Å². The third kappa shape index (κ3) is 3.15. The summed E-state index contributed by atoms with van der Waals surface area (Å²) in [5.74, 6) is -1.11. The highest BCUT2D eigenvalue weighted by atomic mass is 16.6. The van der Waals surface area contributed by atoms with Crippen LogP contribution in [0.15, 0.2) is 23.7 Å². The second-order valence-electron chi connectivity index (χ2n) is 4.06. The number of guanidine groups is 1. The monoisotopic (exact) mass is 262 g/mol. The molecule has 1 aromatic rings. The van der Waals surface area contributed by atoms with E-state index in [1.54, 1.807) is 13.8 Å². The van der Waals surface area contributed by atoms with E-state index in [0.29, 0.717) is 16.7 Å². The SMILES string of the molecule is C=C(C)c1cc(C)c(C(=O)N=C(N)N)cc1[N+](=O)[O-]. The zero-order valence-corrected chi connectivity index (χ0v) is 10.6. The van der Waals surface area contributed by atoms with Gasteiger partial charge in [-0.2, -0.15) is 4.99 Å². The number of allylic oxidation sites excluding steroid dienone is 1. The van der Waals surface area contributed by atoms with Crippen molar-refractivity contribution < 1.29 is 9.72 Å². The van der Waals surface area contributed by atoms with E-state index < -0.39 is 16.8 Å². The summed E-state index contributed by atoms with van der Waals surface area (Å²) in [7, 11) is 0. The summed E-state index contributed by atoms with van der Waals surface area (Å²) in [4.78, 5) is 25.5. The van der Waals surface area contributed by atoms with Crippen molar-refractivity contribution in [1.29, 1.82) is 0 Å². The Morgan fingerprint density at radius 1 is 1.37 bits per heavy atom. The quantitative estimate of drug-likeness (QED) is 0.368. The van der Waals surface area contributed by atoms with Gasteiger partial charge in [0.1, 0.15) is 0 Å². The number of aliphatic imine (C=N–C) groups is 1. The number of aryl methyl sites for hydroxylation is 1. The van der Waals surface area contributed by atoms with Gasteiger partial charge in [-0.25, -0.2) is 0 Å². The summed E-state index contributed by atoms with van der Waals surface area (Å²) in [5.41, 5.74) is 11.6. The van der Waals surface area contributed by atoms with Gasteiger partial charge in [-0.05, 0) is 31.1 Å². The number of hydrogen-bond donors (Lipinski definition) is 2. The molecule has 0 unspecified atom stereocenters. The van der Waals surface area contributed by atoms with Crippen molar-refractivity contribution in [3.63, 3.8) is 0 Å². The number of amides is 1. The van der Waals surface area contributed by atoms with Crippen LogP contribution in [0.2, 0.25) is 0 Å². The number of rotatable bonds is 3. The van der Waals surface area contributed by atoms with Crippen molar-refractivity contribution in [3.05, 3.63) is 45.5 Å². The van der Waals surface area contributed by atoms with Crippen LogP contribution in [0.3, 0.4) is 0 Å². The smallest absolute Gasteiger partial charge is 0.280 e. The normalized spacial score (nSPS) is 9.79. The predicted molar refractivity (Wildman–Crippen MR) is 72.7 cm³/mol. The molecule has 0 radical (unpaired) electrons. The maximum absolute atomic E-state index is 11.7. The topological polar surface area (TPSA) is 125 Å². The molecule has 19 heavy (non-hydrogen) atoms. The average molecular weight is 262 g/mol. The number of benzene rings is 1. The summed E-state index contributed by atoms with van der Waals surface area (Å²) in [6.45, 7) is 6.97. The number of nitrogens with two attached hydrogens (primary N) is 2. The molecule has 4 N–H and O–H groups in total. The average Bonchev–Trinajstić information content (AvgIpc) is 2.26. The molecular formula is C12H14N4O3. The van der Waals surface area contributed by atoms with E-state index in [1.807, 2.05) is 0 Å².